The zero-order valence-corrected chi connectivity index (χ0v) is 24.6. The fraction of sp³-hybridized carbons (Fsp3) is 0.469. The van der Waals surface area contributed by atoms with Gasteiger partial charge < -0.3 is 30.9 Å². The highest BCUT2D eigenvalue weighted by atomic mass is 16.5. The Balaban J connectivity index is 1.17. The third kappa shape index (κ3) is 7.61. The molecule has 0 spiro atoms. The van der Waals surface area contributed by atoms with Gasteiger partial charge in [0, 0.05) is 61.8 Å². The number of aromatic amines is 1. The molecule has 10 nitrogen and oxygen atoms in total. The van der Waals surface area contributed by atoms with Crippen LogP contribution in [0, 0.1) is 0 Å². The second kappa shape index (κ2) is 13.3. The van der Waals surface area contributed by atoms with Gasteiger partial charge >= 0.3 is 6.03 Å². The number of hydrogen-bond acceptors (Lipinski definition) is 6. The summed E-state index contributed by atoms with van der Waals surface area (Å²) in [5.41, 5.74) is 8.79. The first-order valence-corrected chi connectivity index (χ1v) is 15.0. The summed E-state index contributed by atoms with van der Waals surface area (Å²) in [5.74, 6) is 0.465. The number of anilines is 1. The van der Waals surface area contributed by atoms with Crippen LogP contribution in [0.3, 0.4) is 0 Å². The maximum atomic E-state index is 13.5. The summed E-state index contributed by atoms with van der Waals surface area (Å²) < 4.78 is 6.12. The number of urea groups is 1. The summed E-state index contributed by atoms with van der Waals surface area (Å²) in [6.07, 6.45) is 8.41. The van der Waals surface area contributed by atoms with Gasteiger partial charge in [-0.1, -0.05) is 30.3 Å². The van der Waals surface area contributed by atoms with Gasteiger partial charge in [-0.2, -0.15) is 5.10 Å². The Kier molecular flexibility index (Phi) is 9.31. The van der Waals surface area contributed by atoms with Crippen molar-refractivity contribution in [2.24, 2.45) is 5.73 Å². The molecule has 1 aromatic heterocycles. The van der Waals surface area contributed by atoms with Crippen LogP contribution in [0.4, 0.5) is 10.5 Å². The lowest BCUT2D eigenvalue weighted by Gasteiger charge is -2.36. The average molecular weight is 574 g/mol. The average Bonchev–Trinajstić information content (AvgIpc) is 3.68. The van der Waals surface area contributed by atoms with Crippen molar-refractivity contribution >= 4 is 17.6 Å². The monoisotopic (exact) mass is 573 g/mol. The van der Waals surface area contributed by atoms with Crippen molar-refractivity contribution in [2.45, 2.75) is 70.2 Å². The van der Waals surface area contributed by atoms with E-state index in [0.29, 0.717) is 31.4 Å². The Bertz CT molecular complexity index is 1320. The van der Waals surface area contributed by atoms with Crippen molar-refractivity contribution in [3.63, 3.8) is 0 Å². The molecule has 1 saturated heterocycles. The molecule has 5 N–H and O–H groups in total. The number of amides is 3. The first kappa shape index (κ1) is 29.4. The van der Waals surface area contributed by atoms with Crippen molar-refractivity contribution in [1.82, 2.24) is 25.7 Å². The predicted molar refractivity (Wildman–Crippen MR) is 164 cm³/mol. The van der Waals surface area contributed by atoms with E-state index in [4.69, 9.17) is 10.5 Å². The van der Waals surface area contributed by atoms with Crippen molar-refractivity contribution in [3.8, 4) is 16.9 Å². The number of H-pyrrole nitrogens is 1. The minimum absolute atomic E-state index is 0.00254. The third-order valence-electron chi connectivity index (χ3n) is 7.90. The molecule has 1 saturated carbocycles. The highest BCUT2D eigenvalue weighted by Crippen LogP contribution is 2.30. The number of carbonyl (C=O) groups is 2. The Morgan fingerprint density at radius 3 is 2.67 bits per heavy atom. The first-order valence-electron chi connectivity index (χ1n) is 15.0. The summed E-state index contributed by atoms with van der Waals surface area (Å²) >= 11 is 0. The number of nitrogens with two attached hydrogens (primary N) is 1. The van der Waals surface area contributed by atoms with Crippen LogP contribution in [0.5, 0.6) is 5.75 Å². The molecular formula is C32H43N7O3. The number of hydrogen-bond donors (Lipinski definition) is 4. The minimum atomic E-state index is -1.02. The normalized spacial score (nSPS) is 17.0. The molecule has 1 atom stereocenters. The first-order chi connectivity index (χ1) is 20.3. The van der Waals surface area contributed by atoms with Crippen LogP contribution in [0.15, 0.2) is 60.9 Å². The van der Waals surface area contributed by atoms with Gasteiger partial charge in [0.05, 0.1) is 6.20 Å². The van der Waals surface area contributed by atoms with E-state index in [-0.39, 0.29) is 18.0 Å². The maximum absolute atomic E-state index is 13.5. The Morgan fingerprint density at radius 2 is 1.95 bits per heavy atom. The van der Waals surface area contributed by atoms with Crippen molar-refractivity contribution < 1.29 is 14.3 Å². The van der Waals surface area contributed by atoms with E-state index in [1.165, 1.54) is 0 Å². The van der Waals surface area contributed by atoms with Gasteiger partial charge in [-0.3, -0.25) is 9.89 Å². The lowest BCUT2D eigenvalue weighted by Crippen LogP contribution is -2.52. The number of rotatable bonds is 12. The zero-order valence-electron chi connectivity index (χ0n) is 24.6. The Morgan fingerprint density at radius 1 is 1.14 bits per heavy atom. The molecule has 10 heteroatoms. The molecule has 2 fully saturated rings. The summed E-state index contributed by atoms with van der Waals surface area (Å²) in [4.78, 5) is 30.4. The predicted octanol–water partition coefficient (Wildman–Crippen LogP) is 4.04. The van der Waals surface area contributed by atoms with Crippen LogP contribution in [0.25, 0.3) is 11.1 Å². The second-order valence-electron chi connectivity index (χ2n) is 11.8. The quantitative estimate of drug-likeness (QED) is 0.242. The van der Waals surface area contributed by atoms with Gasteiger partial charge in [-0.05, 0) is 75.8 Å². The number of ether oxygens (including phenoxy) is 1. The number of benzene rings is 2. The van der Waals surface area contributed by atoms with Crippen molar-refractivity contribution in [2.75, 3.05) is 31.1 Å². The number of piperidine rings is 1. The molecule has 2 aromatic carbocycles. The summed E-state index contributed by atoms with van der Waals surface area (Å²) in [6.45, 7) is 6.80. The fourth-order valence-electron chi connectivity index (χ4n) is 5.35. The Hall–Kier alpha value is -4.05. The summed E-state index contributed by atoms with van der Waals surface area (Å²) in [7, 11) is 0. The Labute approximate surface area is 248 Å². The molecule has 224 valence electrons. The summed E-state index contributed by atoms with van der Waals surface area (Å²) in [5, 5.41) is 13.1. The van der Waals surface area contributed by atoms with Crippen LogP contribution < -0.4 is 26.0 Å². The van der Waals surface area contributed by atoms with E-state index in [2.05, 4.69) is 56.1 Å². The van der Waals surface area contributed by atoms with Crippen molar-refractivity contribution in [3.05, 3.63) is 66.5 Å². The molecule has 0 radical (unpaired) electrons. The molecule has 0 unspecified atom stereocenters. The van der Waals surface area contributed by atoms with Gasteiger partial charge in [0.15, 0.2) is 5.60 Å². The van der Waals surface area contributed by atoms with Gasteiger partial charge in [0.2, 0.25) is 0 Å². The maximum Gasteiger partial charge on any atom is 0.318 e. The van der Waals surface area contributed by atoms with E-state index in [0.717, 1.165) is 67.6 Å². The smallest absolute Gasteiger partial charge is 0.318 e. The molecule has 3 amide bonds. The largest absolute Gasteiger partial charge is 0.478 e. The van der Waals surface area contributed by atoms with Gasteiger partial charge in [-0.15, -0.1) is 0 Å². The van der Waals surface area contributed by atoms with E-state index in [9.17, 15) is 9.59 Å². The SMILES string of the molecule is CC(C)(Oc1cccc(N2CCC[C@H](NC(=O)N(Cc3ccc(-c4cn[nH]c4)cc3)C3CC3)C2)c1)C(=O)NCCCN. The standard InChI is InChI=1S/C32H43N7O3/c1-32(2,30(40)34-16-5-15-33)42-29-8-3-7-28(18-29)38-17-4-6-26(22-38)37-31(41)39(27-13-14-27)21-23-9-11-24(12-10-23)25-19-35-36-20-25/h3,7-12,18-20,26-27H,4-6,13-17,21-22,33H2,1-2H3,(H,34,40)(H,35,36)(H,37,41)/t26-/m0/s1. The summed E-state index contributed by atoms with van der Waals surface area (Å²) in [6, 6.07) is 16.5. The molecule has 2 aliphatic rings. The number of nitrogens with one attached hydrogen (secondary N) is 3. The molecule has 3 aromatic rings. The van der Waals surface area contributed by atoms with Crippen LogP contribution >= 0.6 is 0 Å². The lowest BCUT2D eigenvalue weighted by atomic mass is 10.0. The van der Waals surface area contributed by atoms with E-state index in [1.54, 1.807) is 20.0 Å². The molecular weight excluding hydrogens is 530 g/mol. The topological polar surface area (TPSA) is 129 Å². The molecule has 0 bridgehead atoms. The van der Waals surface area contributed by atoms with Crippen molar-refractivity contribution in [1.29, 1.82) is 0 Å². The van der Waals surface area contributed by atoms with Crippen LogP contribution in [0.1, 0.15) is 51.5 Å². The highest BCUT2D eigenvalue weighted by Gasteiger charge is 2.34. The van der Waals surface area contributed by atoms with E-state index in [1.807, 2.05) is 29.3 Å². The fourth-order valence-corrected chi connectivity index (χ4v) is 5.35. The van der Waals surface area contributed by atoms with Crippen LogP contribution in [0.2, 0.25) is 0 Å². The van der Waals surface area contributed by atoms with Gasteiger partial charge in [-0.25, -0.2) is 4.79 Å². The molecule has 5 rings (SSSR count). The van der Waals surface area contributed by atoms with E-state index >= 15 is 0 Å². The highest BCUT2D eigenvalue weighted by molar-refractivity contribution is 5.84. The van der Waals surface area contributed by atoms with E-state index < -0.39 is 5.60 Å². The molecule has 1 aliphatic heterocycles. The molecule has 42 heavy (non-hydrogen) atoms. The third-order valence-corrected chi connectivity index (χ3v) is 7.90. The van der Waals surface area contributed by atoms with Crippen LogP contribution in [-0.4, -0.2) is 70.9 Å². The van der Waals surface area contributed by atoms with Gasteiger partial charge in [0.25, 0.3) is 5.91 Å². The molecule has 1 aliphatic carbocycles. The number of aromatic nitrogens is 2. The lowest BCUT2D eigenvalue weighted by molar-refractivity contribution is -0.134. The number of nitrogens with zero attached hydrogens (tertiary/aromatic N) is 3. The minimum Gasteiger partial charge on any atom is -0.478 e. The second-order valence-corrected chi connectivity index (χ2v) is 11.8. The zero-order chi connectivity index (χ0) is 29.5. The number of carbonyl (C=O) groups excluding carboxylic acids is 2. The van der Waals surface area contributed by atoms with Crippen LogP contribution in [-0.2, 0) is 11.3 Å². The molecule has 2 heterocycles. The van der Waals surface area contributed by atoms with Gasteiger partial charge in [0.1, 0.15) is 5.75 Å².